The van der Waals surface area contributed by atoms with E-state index in [2.05, 4.69) is 19.2 Å². The highest BCUT2D eigenvalue weighted by atomic mass is 16.4. The Morgan fingerprint density at radius 2 is 2.05 bits per heavy atom. The van der Waals surface area contributed by atoms with Gasteiger partial charge in [-0.25, -0.2) is 9.59 Å². The Balaban J connectivity index is 2.61. The zero-order valence-corrected chi connectivity index (χ0v) is 11.3. The number of hydrogen-bond acceptors (Lipinski definition) is 3. The normalized spacial score (nSPS) is 19.6. The molecule has 1 fully saturated rings. The van der Waals surface area contributed by atoms with Gasteiger partial charge in [-0.05, 0) is 18.3 Å². The summed E-state index contributed by atoms with van der Waals surface area (Å²) in [5.41, 5.74) is 4.99. The van der Waals surface area contributed by atoms with Gasteiger partial charge in [0, 0.05) is 13.1 Å². The molecule has 108 valence electrons. The van der Waals surface area contributed by atoms with Crippen LogP contribution in [-0.2, 0) is 9.59 Å². The van der Waals surface area contributed by atoms with E-state index in [1.165, 1.54) is 0 Å². The van der Waals surface area contributed by atoms with Gasteiger partial charge in [0.1, 0.15) is 6.04 Å². The molecular weight excluding hydrogens is 250 g/mol. The van der Waals surface area contributed by atoms with Gasteiger partial charge in [0.25, 0.3) is 0 Å². The molecule has 19 heavy (non-hydrogen) atoms. The Hall–Kier alpha value is -1.79. The number of urea groups is 1. The van der Waals surface area contributed by atoms with Crippen molar-refractivity contribution in [1.82, 2.24) is 10.2 Å². The highest BCUT2D eigenvalue weighted by molar-refractivity contribution is 5.87. The lowest BCUT2D eigenvalue weighted by Gasteiger charge is -2.38. The fourth-order valence-electron chi connectivity index (χ4n) is 2.24. The maximum absolute atomic E-state index is 12.0. The second-order valence-corrected chi connectivity index (χ2v) is 5.70. The van der Waals surface area contributed by atoms with Gasteiger partial charge in [-0.3, -0.25) is 4.79 Å². The first-order valence-corrected chi connectivity index (χ1v) is 6.28. The number of nitrogens with zero attached hydrogens (tertiary/aromatic N) is 1. The van der Waals surface area contributed by atoms with E-state index < -0.39 is 30.4 Å². The molecule has 0 unspecified atom stereocenters. The zero-order valence-electron chi connectivity index (χ0n) is 11.3. The van der Waals surface area contributed by atoms with Crippen LogP contribution < -0.4 is 11.1 Å². The summed E-state index contributed by atoms with van der Waals surface area (Å²) in [4.78, 5) is 35.3. The van der Waals surface area contributed by atoms with E-state index in [9.17, 15) is 14.4 Å². The summed E-state index contributed by atoms with van der Waals surface area (Å²) in [5.74, 6) is -2.02. The summed E-state index contributed by atoms with van der Waals surface area (Å²) in [6.45, 7) is 5.29. The van der Waals surface area contributed by atoms with Crippen LogP contribution in [0, 0.1) is 5.41 Å². The zero-order chi connectivity index (χ0) is 14.6. The molecular formula is C12H21N3O4. The number of carboxylic acid groups (broad SMARTS) is 1. The first kappa shape index (κ1) is 15.3. The van der Waals surface area contributed by atoms with Crippen molar-refractivity contribution in [3.8, 4) is 0 Å². The van der Waals surface area contributed by atoms with Gasteiger partial charge in [0.2, 0.25) is 5.91 Å². The van der Waals surface area contributed by atoms with Gasteiger partial charge in [0.15, 0.2) is 0 Å². The summed E-state index contributed by atoms with van der Waals surface area (Å²) in [5, 5.41) is 11.3. The first-order chi connectivity index (χ1) is 8.71. The molecule has 7 nitrogen and oxygen atoms in total. The number of carboxylic acids is 1. The smallest absolute Gasteiger partial charge is 0.326 e. The van der Waals surface area contributed by atoms with E-state index in [-0.39, 0.29) is 5.41 Å². The van der Waals surface area contributed by atoms with Gasteiger partial charge in [-0.15, -0.1) is 0 Å². The molecule has 0 aromatic heterocycles. The Morgan fingerprint density at radius 1 is 1.42 bits per heavy atom. The summed E-state index contributed by atoms with van der Waals surface area (Å²) in [6, 6.07) is -1.73. The van der Waals surface area contributed by atoms with Gasteiger partial charge >= 0.3 is 12.0 Å². The van der Waals surface area contributed by atoms with Crippen molar-refractivity contribution < 1.29 is 19.5 Å². The van der Waals surface area contributed by atoms with Crippen LogP contribution in [0.1, 0.15) is 33.1 Å². The second-order valence-electron chi connectivity index (χ2n) is 5.70. The van der Waals surface area contributed by atoms with E-state index in [1.54, 1.807) is 4.90 Å². The Kier molecular flexibility index (Phi) is 4.74. The maximum atomic E-state index is 12.0. The van der Waals surface area contributed by atoms with Crippen LogP contribution in [0.25, 0.3) is 0 Å². The standard InChI is InChI=1S/C12H21N3O4/c1-12(2)4-3-5-15(7-12)11(19)14-8(10(17)18)6-9(13)16/h8H,3-7H2,1-2H3,(H2,13,16)(H,14,19)(H,17,18)/t8-/m1/s1. The maximum Gasteiger partial charge on any atom is 0.326 e. The van der Waals surface area contributed by atoms with Gasteiger partial charge in [-0.1, -0.05) is 13.8 Å². The Bertz CT molecular complexity index is 381. The van der Waals surface area contributed by atoms with Gasteiger partial charge < -0.3 is 21.1 Å². The quantitative estimate of drug-likeness (QED) is 0.675. The summed E-state index contributed by atoms with van der Waals surface area (Å²) in [7, 11) is 0. The number of carbonyl (C=O) groups excluding carboxylic acids is 2. The first-order valence-electron chi connectivity index (χ1n) is 6.28. The molecule has 1 rings (SSSR count). The number of nitrogens with two attached hydrogens (primary N) is 1. The highest BCUT2D eigenvalue weighted by Gasteiger charge is 2.31. The SMILES string of the molecule is CC1(C)CCCN(C(=O)N[C@H](CC(N)=O)C(=O)O)C1. The lowest BCUT2D eigenvalue weighted by atomic mass is 9.84. The van der Waals surface area contributed by atoms with E-state index in [4.69, 9.17) is 10.8 Å². The summed E-state index contributed by atoms with van der Waals surface area (Å²) >= 11 is 0. The molecule has 0 aliphatic carbocycles. The molecule has 1 saturated heterocycles. The van der Waals surface area contributed by atoms with Crippen molar-refractivity contribution in [3.63, 3.8) is 0 Å². The molecule has 0 aromatic rings. The van der Waals surface area contributed by atoms with Crippen LogP contribution in [-0.4, -0.2) is 47.0 Å². The molecule has 1 heterocycles. The van der Waals surface area contributed by atoms with Crippen LogP contribution in [0.3, 0.4) is 0 Å². The number of aliphatic carboxylic acids is 1. The minimum absolute atomic E-state index is 0.0258. The van der Waals surface area contributed by atoms with Crippen molar-refractivity contribution in [2.24, 2.45) is 11.1 Å². The van der Waals surface area contributed by atoms with Crippen molar-refractivity contribution in [1.29, 1.82) is 0 Å². The minimum Gasteiger partial charge on any atom is -0.480 e. The van der Waals surface area contributed by atoms with E-state index in [0.717, 1.165) is 12.8 Å². The topological polar surface area (TPSA) is 113 Å². The fourth-order valence-corrected chi connectivity index (χ4v) is 2.24. The van der Waals surface area contributed by atoms with E-state index in [0.29, 0.717) is 13.1 Å². The van der Waals surface area contributed by atoms with Gasteiger partial charge in [-0.2, -0.15) is 0 Å². The third-order valence-electron chi connectivity index (χ3n) is 3.19. The van der Waals surface area contributed by atoms with Crippen LogP contribution in [0.5, 0.6) is 0 Å². The molecule has 0 spiro atoms. The van der Waals surface area contributed by atoms with E-state index in [1.807, 2.05) is 0 Å². The molecule has 3 amide bonds. The predicted molar refractivity (Wildman–Crippen MR) is 68.4 cm³/mol. The number of likely N-dealkylation sites (tertiary alicyclic amines) is 1. The predicted octanol–water partition coefficient (Wildman–Crippen LogP) is 0.147. The van der Waals surface area contributed by atoms with Crippen LogP contribution in [0.2, 0.25) is 0 Å². The fraction of sp³-hybridized carbons (Fsp3) is 0.750. The number of piperidine rings is 1. The van der Waals surface area contributed by atoms with Gasteiger partial charge in [0.05, 0.1) is 6.42 Å². The monoisotopic (exact) mass is 271 g/mol. The largest absolute Gasteiger partial charge is 0.480 e. The van der Waals surface area contributed by atoms with Crippen molar-refractivity contribution >= 4 is 17.9 Å². The third-order valence-corrected chi connectivity index (χ3v) is 3.19. The third kappa shape index (κ3) is 4.76. The van der Waals surface area contributed by atoms with Crippen LogP contribution in [0.4, 0.5) is 4.79 Å². The minimum atomic E-state index is -1.27. The van der Waals surface area contributed by atoms with Crippen molar-refractivity contribution in [2.45, 2.75) is 39.2 Å². The molecule has 7 heteroatoms. The van der Waals surface area contributed by atoms with Crippen LogP contribution >= 0.6 is 0 Å². The van der Waals surface area contributed by atoms with Crippen molar-refractivity contribution in [2.75, 3.05) is 13.1 Å². The molecule has 0 radical (unpaired) electrons. The van der Waals surface area contributed by atoms with Crippen LogP contribution in [0.15, 0.2) is 0 Å². The molecule has 0 bridgehead atoms. The van der Waals surface area contributed by atoms with E-state index >= 15 is 0 Å². The number of primary amides is 1. The molecule has 1 atom stereocenters. The highest BCUT2D eigenvalue weighted by Crippen LogP contribution is 2.28. The lowest BCUT2D eigenvalue weighted by Crippen LogP contribution is -2.53. The lowest BCUT2D eigenvalue weighted by molar-refractivity contribution is -0.141. The van der Waals surface area contributed by atoms with Crippen molar-refractivity contribution in [3.05, 3.63) is 0 Å². The Morgan fingerprint density at radius 3 is 2.53 bits per heavy atom. The summed E-state index contributed by atoms with van der Waals surface area (Å²) in [6.07, 6.45) is 1.51. The molecule has 1 aliphatic heterocycles. The molecule has 0 aromatic carbocycles. The number of amides is 3. The second kappa shape index (κ2) is 5.90. The molecule has 0 saturated carbocycles. The number of hydrogen-bond donors (Lipinski definition) is 3. The Labute approximate surface area is 112 Å². The number of rotatable bonds is 4. The molecule has 4 N–H and O–H groups in total. The number of nitrogens with one attached hydrogen (secondary N) is 1. The summed E-state index contributed by atoms with van der Waals surface area (Å²) < 4.78 is 0. The molecule has 1 aliphatic rings. The number of carbonyl (C=O) groups is 3. The average molecular weight is 271 g/mol. The average Bonchev–Trinajstić information content (AvgIpc) is 2.25.